The number of aromatic hydroxyl groups is 1. The maximum atomic E-state index is 14.5. The number of benzene rings is 2. The van der Waals surface area contributed by atoms with Crippen molar-refractivity contribution in [2.24, 2.45) is 92.8 Å². The minimum Gasteiger partial charge on any atom is -0.508 e. The number of carbonyl (C=O) groups excluding carboxylic acids is 16. The predicted octanol–water partition coefficient (Wildman–Crippen LogP) is 0.829. The average molecular weight is 1810 g/mol. The van der Waals surface area contributed by atoms with E-state index < -0.39 is 285 Å². The van der Waals surface area contributed by atoms with Gasteiger partial charge in [0.2, 0.25) is 53.2 Å². The number of carboxylic acid groups (broad SMARTS) is 2. The van der Waals surface area contributed by atoms with Crippen LogP contribution >= 0.6 is 25.3 Å². The van der Waals surface area contributed by atoms with Gasteiger partial charge in [-0.3, -0.25) is 96.7 Å². The number of unbranched alkanes of at least 4 members (excludes halogenated alkanes) is 1. The summed E-state index contributed by atoms with van der Waals surface area (Å²) in [6.07, 6.45) is -5.03. The Morgan fingerprint density at radius 1 is 0.460 bits per heavy atom. The number of amides is 9. The summed E-state index contributed by atoms with van der Waals surface area (Å²) in [5.41, 5.74) is 29.5. The van der Waals surface area contributed by atoms with Crippen molar-refractivity contribution >= 4 is 143 Å². The first-order chi connectivity index (χ1) is 59.3. The number of phenolic OH excluding ortho intramolecular Hbond substituents is 1. The van der Waals surface area contributed by atoms with Crippen molar-refractivity contribution in [3.63, 3.8) is 0 Å². The van der Waals surface area contributed by atoms with Gasteiger partial charge in [0.15, 0.2) is 40.7 Å². The fourth-order valence-electron chi connectivity index (χ4n) is 13.7. The SMILES string of the molecule is CC[C@H](C)[C@H](NC(=O)[C@H](CCCN=C(N)N)CC(=O)[C@@H](N)CC(C)C)C(=O)C[C@H](C(=O)N[C@@H](CCC(N)=O)C(=O)C[C@@H](CS)C(=O)N[C@@H](CCCCC(=N)N)C(=O)C[C@@H](CO)C(=O)NC(C(=O)N[C@@H](CCC(=O)O)C(=O)NCC(=O)C[C@@H](CO)C(=O)N[C@@H](CS)C(=O)CCC(=O)N[C@@H](Cc1ccccc1)C(=O)C[C@@H](Cc1ccc(O)cc1)C(=O)O)C(C)C)C(C)C. The zero-order chi connectivity index (χ0) is 95.2. The number of aliphatic hydroxyl groups excluding tert-OH is 2. The van der Waals surface area contributed by atoms with Crippen molar-refractivity contribution in [3.05, 3.63) is 65.7 Å². The first kappa shape index (κ1) is 111. The van der Waals surface area contributed by atoms with Crippen molar-refractivity contribution in [2.45, 2.75) is 245 Å². The van der Waals surface area contributed by atoms with E-state index in [4.69, 9.17) is 34.1 Å². The molecule has 2 aromatic rings. The van der Waals surface area contributed by atoms with Crippen molar-refractivity contribution in [2.75, 3.05) is 37.8 Å². The van der Waals surface area contributed by atoms with Crippen LogP contribution in [0.3, 0.4) is 0 Å². The number of rotatable bonds is 67. The quantitative estimate of drug-likeness (QED) is 0.0189. The van der Waals surface area contributed by atoms with Crippen LogP contribution in [0.1, 0.15) is 195 Å². The molecule has 2 aromatic carbocycles. The van der Waals surface area contributed by atoms with E-state index in [1.807, 2.05) is 13.8 Å². The van der Waals surface area contributed by atoms with E-state index in [0.717, 1.165) is 0 Å². The third-order valence-corrected chi connectivity index (χ3v) is 22.3. The van der Waals surface area contributed by atoms with E-state index in [0.29, 0.717) is 30.4 Å². The fraction of sp³-hybridized carbons (Fsp3) is 0.628. The average Bonchev–Trinajstić information content (AvgIpc) is 0.833. The summed E-state index contributed by atoms with van der Waals surface area (Å²) in [7, 11) is 0. The number of nitrogens with two attached hydrogens (primary N) is 5. The summed E-state index contributed by atoms with van der Waals surface area (Å²) < 4.78 is 0. The smallest absolute Gasteiger partial charge is 0.307 e. The number of thiol groups is 2. The van der Waals surface area contributed by atoms with Crippen LogP contribution in [0.25, 0.3) is 0 Å². The molecule has 0 fully saturated rings. The molecule has 40 heteroatoms. The van der Waals surface area contributed by atoms with Crippen molar-refractivity contribution in [1.82, 2.24) is 42.5 Å². The van der Waals surface area contributed by atoms with E-state index in [9.17, 15) is 112 Å². The third-order valence-electron chi connectivity index (χ3n) is 21.5. The van der Waals surface area contributed by atoms with Gasteiger partial charge in [0, 0.05) is 101 Å². The molecule has 9 amide bonds. The zero-order valence-corrected chi connectivity index (χ0v) is 75.0. The molecule has 15 atom stereocenters. The van der Waals surface area contributed by atoms with Gasteiger partial charge in [-0.15, -0.1) is 0 Å². The van der Waals surface area contributed by atoms with Crippen LogP contribution in [-0.2, 0) is 99.1 Å². The summed E-state index contributed by atoms with van der Waals surface area (Å²) in [6, 6.07) is 3.47. The summed E-state index contributed by atoms with van der Waals surface area (Å²) in [4.78, 5) is 250. The number of Topliss-reactive ketones (excluding diaryl/α,β-unsaturated/α-hetero) is 7. The number of carboxylic acids is 2. The lowest BCUT2D eigenvalue weighted by atomic mass is 9.84. The topological polar surface area (TPSA) is 671 Å². The van der Waals surface area contributed by atoms with Gasteiger partial charge in [-0.1, -0.05) is 111 Å². The number of ketones is 7. The van der Waals surface area contributed by atoms with Crippen LogP contribution in [0.5, 0.6) is 5.75 Å². The Bertz CT molecular complexity index is 4040. The third kappa shape index (κ3) is 42.6. The maximum Gasteiger partial charge on any atom is 0.307 e. The first-order valence-corrected chi connectivity index (χ1v) is 43.8. The lowest BCUT2D eigenvalue weighted by Gasteiger charge is -2.29. The number of hydrogen-bond acceptors (Lipinski definition) is 26. The Balaban J connectivity index is 2.29. The molecule has 1 unspecified atom stereocenters. The first-order valence-electron chi connectivity index (χ1n) is 42.5. The molecule has 0 aliphatic rings. The Kier molecular flexibility index (Phi) is 51.9. The molecule has 0 heterocycles. The molecule has 2 rings (SSSR count). The lowest BCUT2D eigenvalue weighted by molar-refractivity contribution is -0.144. The molecule has 126 heavy (non-hydrogen) atoms. The summed E-state index contributed by atoms with van der Waals surface area (Å²) >= 11 is 8.52. The normalized spacial score (nSPS) is 14.9. The molecule has 24 N–H and O–H groups in total. The molecular weight excluding hydrogens is 1680 g/mol. The number of aliphatic imine (C=N–C) groups is 1. The Hall–Kier alpha value is -10.6. The van der Waals surface area contributed by atoms with Crippen molar-refractivity contribution in [3.8, 4) is 5.75 Å². The highest BCUT2D eigenvalue weighted by Crippen LogP contribution is 2.26. The fourth-order valence-corrected chi connectivity index (χ4v) is 14.3. The predicted molar refractivity (Wildman–Crippen MR) is 473 cm³/mol. The molecule has 0 spiro atoms. The zero-order valence-electron chi connectivity index (χ0n) is 73.2. The van der Waals surface area contributed by atoms with Crippen LogP contribution in [-0.4, -0.2) is 229 Å². The van der Waals surface area contributed by atoms with E-state index in [-0.39, 0.29) is 105 Å². The second-order valence-corrected chi connectivity index (χ2v) is 33.8. The molecule has 0 bridgehead atoms. The van der Waals surface area contributed by atoms with Crippen LogP contribution in [0.15, 0.2) is 59.6 Å². The Morgan fingerprint density at radius 2 is 0.984 bits per heavy atom. The summed E-state index contributed by atoms with van der Waals surface area (Å²) in [5.74, 6) is -26.3. The summed E-state index contributed by atoms with van der Waals surface area (Å²) in [6.45, 7) is 10.9. The standard InChI is InChI=1S/C86H133N15O23S2/c1-9-49(8)77(101-78(116)52(18-15-31-93-86(91)92)36-67(107)60(87)32-46(2)3)71(111)40-59(47(4)5)82(120)97-62(25-28-73(90)112)69(109)39-56(44-125)81(119)96-61(19-13-14-20-72(88)89)68(108)38-55(43-103)80(118)100-76(48(6)7)84(122)98-63(26-30-75(114)115)83(121)94-41-58(105)35-54(42-102)79(117)99-65(45-126)66(106)27-29-74(113)95-64(34-50-16-11-10-12-17-50)70(110)37-53(85(123)124)33-51-21-23-57(104)24-22-51/h10-12,16-17,21-24,46-49,52-56,59-65,76-77,102-104,125-126H,9,13-15,18-20,25-45,87H2,1-8H3,(H3,88,89)(H2,90,112)(H,94,121)(H,95,113)(H,96,119)(H,97,120)(H,98,122)(H,99,117)(H,100,118)(H,101,116)(H,114,115)(H,123,124)(H4,91,92,93)/t49-,52+,53+,54-,55-,56-,59-,60-,61-,62-,63-,64-,65-,76?,77-/m0/s1. The highest BCUT2D eigenvalue weighted by atomic mass is 32.1. The molecule has 0 saturated carbocycles. The largest absolute Gasteiger partial charge is 0.508 e. The number of phenols is 1. The Morgan fingerprint density at radius 3 is 1.53 bits per heavy atom. The van der Waals surface area contributed by atoms with E-state index >= 15 is 0 Å². The molecule has 0 aliphatic carbocycles. The van der Waals surface area contributed by atoms with Gasteiger partial charge in [0.05, 0.1) is 85.5 Å². The van der Waals surface area contributed by atoms with Gasteiger partial charge in [0.25, 0.3) is 0 Å². The van der Waals surface area contributed by atoms with Crippen LogP contribution in [0, 0.1) is 64.6 Å². The second kappa shape index (κ2) is 58.6. The number of guanidine groups is 1. The molecule has 0 radical (unpaired) electrons. The van der Waals surface area contributed by atoms with Crippen LogP contribution in [0.4, 0.5) is 0 Å². The second-order valence-electron chi connectivity index (χ2n) is 33.1. The molecule has 0 aromatic heterocycles. The van der Waals surface area contributed by atoms with Gasteiger partial charge < -0.3 is 96.7 Å². The lowest BCUT2D eigenvalue weighted by Crippen LogP contribution is -2.56. The number of amidine groups is 1. The van der Waals surface area contributed by atoms with Gasteiger partial charge in [-0.05, 0) is 105 Å². The van der Waals surface area contributed by atoms with Crippen molar-refractivity contribution in [1.29, 1.82) is 5.41 Å². The van der Waals surface area contributed by atoms with E-state index in [2.05, 4.69) is 72.8 Å². The number of aliphatic carboxylic acids is 2. The van der Waals surface area contributed by atoms with Gasteiger partial charge in [-0.2, -0.15) is 25.3 Å². The Labute approximate surface area is 745 Å². The molecule has 38 nitrogen and oxygen atoms in total. The van der Waals surface area contributed by atoms with Crippen LogP contribution < -0.4 is 71.2 Å². The maximum absolute atomic E-state index is 14.5. The highest BCUT2D eigenvalue weighted by molar-refractivity contribution is 7.80. The molecule has 702 valence electrons. The monoisotopic (exact) mass is 1810 g/mol. The molecule has 0 aliphatic heterocycles. The van der Waals surface area contributed by atoms with Gasteiger partial charge in [-0.25, -0.2) is 0 Å². The molecule has 0 saturated heterocycles. The number of primary amides is 1. The minimum absolute atomic E-state index is 0.0299. The highest BCUT2D eigenvalue weighted by Gasteiger charge is 2.40. The van der Waals surface area contributed by atoms with E-state index in [1.54, 1.807) is 58.0 Å². The number of carbonyl (C=O) groups is 18. The minimum atomic E-state index is -1.72. The number of nitrogens with one attached hydrogen (secondary N) is 9. The van der Waals surface area contributed by atoms with Gasteiger partial charge >= 0.3 is 11.9 Å². The number of hydrogen-bond donors (Lipinski definition) is 21. The number of nitrogens with zero attached hydrogens (tertiary/aromatic N) is 1. The van der Waals surface area contributed by atoms with Gasteiger partial charge in [0.1, 0.15) is 23.6 Å². The van der Waals surface area contributed by atoms with Crippen LogP contribution in [0.2, 0.25) is 0 Å². The summed E-state index contributed by atoms with van der Waals surface area (Å²) in [5, 5.41) is 78.2. The molecular formula is C86H133N15O23S2. The van der Waals surface area contributed by atoms with Crippen molar-refractivity contribution < 1.29 is 112 Å². The number of aliphatic hydroxyl groups is 2. The van der Waals surface area contributed by atoms with E-state index in [1.165, 1.54) is 38.1 Å².